The number of rotatable bonds is 4. The molecule has 3 aromatic rings. The predicted octanol–water partition coefficient (Wildman–Crippen LogP) is 5.22. The van der Waals surface area contributed by atoms with Crippen LogP contribution in [-0.2, 0) is 0 Å². The van der Waals surface area contributed by atoms with Gasteiger partial charge in [0.25, 0.3) is 5.91 Å². The highest BCUT2D eigenvalue weighted by Gasteiger charge is 2.31. The first kappa shape index (κ1) is 20.1. The van der Waals surface area contributed by atoms with Crippen molar-refractivity contribution in [3.05, 3.63) is 59.8 Å². The lowest BCUT2D eigenvalue weighted by atomic mass is 9.82. The van der Waals surface area contributed by atoms with Crippen LogP contribution in [-0.4, -0.2) is 49.0 Å². The molecule has 1 aromatic heterocycles. The Bertz CT molecular complexity index is 1070. The van der Waals surface area contributed by atoms with Crippen LogP contribution in [0.1, 0.15) is 53.9 Å². The molecule has 31 heavy (non-hydrogen) atoms. The van der Waals surface area contributed by atoms with Crippen LogP contribution in [0.2, 0.25) is 0 Å². The van der Waals surface area contributed by atoms with Crippen molar-refractivity contribution < 1.29 is 4.79 Å². The Labute approximate surface area is 184 Å². The number of fused-ring (bicyclic) bond motifs is 2. The van der Waals surface area contributed by atoms with Crippen molar-refractivity contribution in [2.75, 3.05) is 37.4 Å². The van der Waals surface area contributed by atoms with E-state index in [1.54, 1.807) is 0 Å². The van der Waals surface area contributed by atoms with Gasteiger partial charge in [-0.15, -0.1) is 0 Å². The number of piperidine rings is 2. The number of hydrogen-bond acceptors (Lipinski definition) is 3. The third-order valence-corrected chi connectivity index (χ3v) is 7.13. The third kappa shape index (κ3) is 4.07. The van der Waals surface area contributed by atoms with Gasteiger partial charge in [0.2, 0.25) is 0 Å². The van der Waals surface area contributed by atoms with Gasteiger partial charge in [0.1, 0.15) is 0 Å². The van der Waals surface area contributed by atoms with Gasteiger partial charge in [-0.05, 0) is 92.7 Å². The summed E-state index contributed by atoms with van der Waals surface area (Å²) in [5.41, 5.74) is 5.16. The largest absolute Gasteiger partial charge is 0.378 e. The summed E-state index contributed by atoms with van der Waals surface area (Å²) in [5.74, 6) is 0.523. The van der Waals surface area contributed by atoms with Gasteiger partial charge in [-0.1, -0.05) is 6.42 Å². The van der Waals surface area contributed by atoms with Crippen LogP contribution in [0.4, 0.5) is 11.4 Å². The summed E-state index contributed by atoms with van der Waals surface area (Å²) in [6, 6.07) is 14.6. The van der Waals surface area contributed by atoms with Crippen molar-refractivity contribution in [1.82, 2.24) is 9.88 Å². The van der Waals surface area contributed by atoms with Crippen LogP contribution >= 0.6 is 0 Å². The van der Waals surface area contributed by atoms with E-state index < -0.39 is 0 Å². The highest BCUT2D eigenvalue weighted by atomic mass is 16.1. The molecule has 2 saturated heterocycles. The van der Waals surface area contributed by atoms with E-state index >= 15 is 0 Å². The van der Waals surface area contributed by atoms with Gasteiger partial charge in [-0.25, -0.2) is 0 Å². The van der Waals surface area contributed by atoms with E-state index in [-0.39, 0.29) is 5.91 Å². The molecule has 0 bridgehead atoms. The molecule has 2 aromatic carbocycles. The molecule has 5 rings (SSSR count). The second-order valence-corrected chi connectivity index (χ2v) is 9.31. The lowest BCUT2D eigenvalue weighted by molar-refractivity contribution is 0.0977. The van der Waals surface area contributed by atoms with Crippen molar-refractivity contribution in [2.45, 2.75) is 44.1 Å². The predicted molar refractivity (Wildman–Crippen MR) is 128 cm³/mol. The van der Waals surface area contributed by atoms with E-state index in [9.17, 15) is 4.79 Å². The van der Waals surface area contributed by atoms with Crippen LogP contribution < -0.4 is 10.2 Å². The molecule has 2 unspecified atom stereocenters. The zero-order valence-corrected chi connectivity index (χ0v) is 18.5. The summed E-state index contributed by atoms with van der Waals surface area (Å²) in [7, 11) is 3.99. The van der Waals surface area contributed by atoms with E-state index in [1.807, 2.05) is 49.3 Å². The number of H-pyrrole nitrogens is 1. The van der Waals surface area contributed by atoms with Crippen molar-refractivity contribution in [3.8, 4) is 0 Å². The average molecular weight is 417 g/mol. The minimum Gasteiger partial charge on any atom is -0.378 e. The molecule has 162 valence electrons. The first-order valence-electron chi connectivity index (χ1n) is 11.5. The van der Waals surface area contributed by atoms with Crippen LogP contribution in [0.3, 0.4) is 0 Å². The van der Waals surface area contributed by atoms with Gasteiger partial charge < -0.3 is 20.1 Å². The van der Waals surface area contributed by atoms with Gasteiger partial charge in [0.05, 0.1) is 0 Å². The summed E-state index contributed by atoms with van der Waals surface area (Å²) in [5, 5.41) is 4.33. The molecule has 3 heterocycles. The van der Waals surface area contributed by atoms with Crippen molar-refractivity contribution in [2.24, 2.45) is 0 Å². The Morgan fingerprint density at radius 3 is 2.71 bits per heavy atom. The fourth-order valence-corrected chi connectivity index (χ4v) is 5.34. The molecule has 0 radical (unpaired) electrons. The molecule has 2 atom stereocenters. The molecule has 0 spiro atoms. The number of carbonyl (C=O) groups is 1. The van der Waals surface area contributed by atoms with Crippen molar-refractivity contribution in [1.29, 1.82) is 0 Å². The maximum Gasteiger partial charge on any atom is 0.255 e. The molecule has 0 aliphatic carbocycles. The summed E-state index contributed by atoms with van der Waals surface area (Å²) in [6.45, 7) is 2.48. The fourth-order valence-electron chi connectivity index (χ4n) is 5.34. The molecule has 2 aliphatic heterocycles. The minimum atomic E-state index is -0.0720. The number of carbonyl (C=O) groups excluding carboxylic acids is 1. The zero-order valence-electron chi connectivity index (χ0n) is 18.5. The Kier molecular flexibility index (Phi) is 5.45. The van der Waals surface area contributed by atoms with Crippen LogP contribution in [0.25, 0.3) is 10.9 Å². The van der Waals surface area contributed by atoms with Gasteiger partial charge in [0.15, 0.2) is 0 Å². The van der Waals surface area contributed by atoms with Gasteiger partial charge in [0, 0.05) is 54.2 Å². The Morgan fingerprint density at radius 1 is 1.06 bits per heavy atom. The monoisotopic (exact) mass is 416 g/mol. The second-order valence-electron chi connectivity index (χ2n) is 9.31. The normalized spacial score (nSPS) is 21.6. The average Bonchev–Trinajstić information content (AvgIpc) is 3.22. The lowest BCUT2D eigenvalue weighted by Crippen LogP contribution is -2.44. The standard InChI is InChI=1S/C26H32N4O/c1-29(2)21-9-6-18(7-10-21)26(31)28-20-8-11-25-23(16-20)24(17-27-25)19-12-14-30-13-4-3-5-22(30)15-19/h6-11,16-17,19,22,27H,3-5,12-15H2,1-2H3,(H,28,31). The van der Waals surface area contributed by atoms with Gasteiger partial charge in [-0.2, -0.15) is 0 Å². The zero-order chi connectivity index (χ0) is 21.4. The third-order valence-electron chi connectivity index (χ3n) is 7.13. The molecule has 2 N–H and O–H groups in total. The SMILES string of the molecule is CN(C)c1ccc(C(=O)Nc2ccc3[nH]cc(C4CCN5CCCCC5C4)c3c2)cc1. The number of nitrogens with one attached hydrogen (secondary N) is 2. The molecule has 5 nitrogen and oxygen atoms in total. The second kappa shape index (κ2) is 8.39. The smallest absolute Gasteiger partial charge is 0.255 e. The van der Waals surface area contributed by atoms with E-state index in [2.05, 4.69) is 33.5 Å². The van der Waals surface area contributed by atoms with Crippen LogP contribution in [0, 0.1) is 0 Å². The number of aromatic amines is 1. The molecule has 2 fully saturated rings. The van der Waals surface area contributed by atoms with E-state index in [0.717, 1.165) is 22.9 Å². The Morgan fingerprint density at radius 2 is 1.90 bits per heavy atom. The first-order chi connectivity index (χ1) is 15.1. The van der Waals surface area contributed by atoms with Gasteiger partial charge in [-0.3, -0.25) is 4.79 Å². The number of aromatic nitrogens is 1. The number of anilines is 2. The molecule has 2 aliphatic rings. The summed E-state index contributed by atoms with van der Waals surface area (Å²) < 4.78 is 0. The topological polar surface area (TPSA) is 51.4 Å². The molecular weight excluding hydrogens is 384 g/mol. The summed E-state index contributed by atoms with van der Waals surface area (Å²) in [4.78, 5) is 21.0. The number of benzene rings is 2. The first-order valence-corrected chi connectivity index (χ1v) is 11.5. The number of nitrogens with zero attached hydrogens (tertiary/aromatic N) is 2. The fraction of sp³-hybridized carbons (Fsp3) is 0.423. The molecular formula is C26H32N4O. The summed E-state index contributed by atoms with van der Waals surface area (Å²) in [6.07, 6.45) is 8.73. The highest BCUT2D eigenvalue weighted by molar-refractivity contribution is 6.05. The maximum absolute atomic E-state index is 12.8. The van der Waals surface area contributed by atoms with Crippen LogP contribution in [0.5, 0.6) is 0 Å². The number of hydrogen-bond donors (Lipinski definition) is 2. The maximum atomic E-state index is 12.8. The van der Waals surface area contributed by atoms with Crippen molar-refractivity contribution in [3.63, 3.8) is 0 Å². The Hall–Kier alpha value is -2.79. The van der Waals surface area contributed by atoms with E-state index in [0.29, 0.717) is 11.5 Å². The van der Waals surface area contributed by atoms with E-state index in [1.165, 1.54) is 56.1 Å². The molecule has 5 heteroatoms. The minimum absolute atomic E-state index is 0.0720. The quantitative estimate of drug-likeness (QED) is 0.613. The molecule has 1 amide bonds. The van der Waals surface area contributed by atoms with Crippen LogP contribution in [0.15, 0.2) is 48.7 Å². The lowest BCUT2D eigenvalue weighted by Gasteiger charge is -2.42. The Balaban J connectivity index is 1.34. The molecule has 0 saturated carbocycles. The highest BCUT2D eigenvalue weighted by Crippen LogP contribution is 2.38. The van der Waals surface area contributed by atoms with E-state index in [4.69, 9.17) is 0 Å². The number of amides is 1. The summed E-state index contributed by atoms with van der Waals surface area (Å²) >= 11 is 0. The van der Waals surface area contributed by atoms with Crippen molar-refractivity contribution >= 4 is 28.2 Å². The van der Waals surface area contributed by atoms with Gasteiger partial charge >= 0.3 is 0 Å².